The summed E-state index contributed by atoms with van der Waals surface area (Å²) in [5.74, 6) is -0.544. The maximum absolute atomic E-state index is 12.0. The molecule has 0 amide bonds. The van der Waals surface area contributed by atoms with Crippen molar-refractivity contribution in [2.75, 3.05) is 0 Å². The predicted molar refractivity (Wildman–Crippen MR) is 36.5 cm³/mol. The Morgan fingerprint density at radius 1 is 1.56 bits per heavy atom. The van der Waals surface area contributed by atoms with Gasteiger partial charge in [-0.2, -0.15) is 4.39 Å². The van der Waals surface area contributed by atoms with E-state index in [-0.39, 0.29) is 12.4 Å². The van der Waals surface area contributed by atoms with Crippen LogP contribution < -0.4 is 0 Å². The first-order chi connectivity index (χ1) is 3.79. The topological polar surface area (TPSA) is 12.9 Å². The second-order valence-corrected chi connectivity index (χ2v) is 1.73. The Bertz CT molecular complexity index is 175. The van der Waals surface area contributed by atoms with E-state index in [0.29, 0.717) is 5.02 Å². The molecular formula is C5H4Cl2FN. The third-order valence-electron chi connectivity index (χ3n) is 0.689. The van der Waals surface area contributed by atoms with Gasteiger partial charge < -0.3 is 0 Å². The summed E-state index contributed by atoms with van der Waals surface area (Å²) >= 11 is 5.36. The van der Waals surface area contributed by atoms with E-state index in [1.54, 1.807) is 0 Å². The molecule has 0 aliphatic carbocycles. The highest BCUT2D eigenvalue weighted by Crippen LogP contribution is 2.05. The van der Waals surface area contributed by atoms with E-state index in [0.717, 1.165) is 6.07 Å². The van der Waals surface area contributed by atoms with Gasteiger partial charge in [0, 0.05) is 17.3 Å². The van der Waals surface area contributed by atoms with Gasteiger partial charge in [-0.1, -0.05) is 11.6 Å². The van der Waals surface area contributed by atoms with E-state index in [1.807, 2.05) is 0 Å². The lowest BCUT2D eigenvalue weighted by Gasteiger charge is -1.84. The Labute approximate surface area is 63.3 Å². The lowest BCUT2D eigenvalue weighted by molar-refractivity contribution is 0.584. The number of pyridine rings is 1. The summed E-state index contributed by atoms with van der Waals surface area (Å²) < 4.78 is 12.0. The van der Waals surface area contributed by atoms with Crippen molar-refractivity contribution in [1.29, 1.82) is 0 Å². The summed E-state index contributed by atoms with van der Waals surface area (Å²) in [6, 6.07) is 2.67. The molecule has 0 aromatic carbocycles. The smallest absolute Gasteiger partial charge is 0.214 e. The molecule has 0 bridgehead atoms. The highest BCUT2D eigenvalue weighted by atomic mass is 35.5. The average Bonchev–Trinajstić information content (AvgIpc) is 1.64. The normalized spacial score (nSPS) is 8.22. The highest BCUT2D eigenvalue weighted by Gasteiger charge is 1.88. The molecule has 0 unspecified atom stereocenters. The summed E-state index contributed by atoms with van der Waals surface area (Å²) in [6.07, 6.45) is 1.32. The first-order valence-electron chi connectivity index (χ1n) is 2.06. The Kier molecular flexibility index (Phi) is 3.50. The van der Waals surface area contributed by atoms with Crippen LogP contribution in [0.3, 0.4) is 0 Å². The van der Waals surface area contributed by atoms with Gasteiger partial charge in [-0.3, -0.25) is 0 Å². The van der Waals surface area contributed by atoms with Crippen LogP contribution in [0.1, 0.15) is 0 Å². The van der Waals surface area contributed by atoms with Crippen molar-refractivity contribution in [2.24, 2.45) is 0 Å². The molecule has 9 heavy (non-hydrogen) atoms. The second kappa shape index (κ2) is 3.64. The van der Waals surface area contributed by atoms with Gasteiger partial charge in [-0.05, 0) is 6.07 Å². The first-order valence-corrected chi connectivity index (χ1v) is 2.44. The summed E-state index contributed by atoms with van der Waals surface area (Å²) in [5.41, 5.74) is 0. The van der Waals surface area contributed by atoms with Crippen LogP contribution in [0.2, 0.25) is 5.02 Å². The van der Waals surface area contributed by atoms with E-state index >= 15 is 0 Å². The molecule has 1 nitrogen and oxygen atoms in total. The molecule has 0 spiro atoms. The number of hydrogen-bond acceptors (Lipinski definition) is 1. The summed E-state index contributed by atoms with van der Waals surface area (Å²) in [6.45, 7) is 0. The minimum Gasteiger partial charge on any atom is -0.228 e. The summed E-state index contributed by atoms with van der Waals surface area (Å²) in [7, 11) is 0. The van der Waals surface area contributed by atoms with Gasteiger partial charge in [0.1, 0.15) is 0 Å². The fourth-order valence-electron chi connectivity index (χ4n) is 0.379. The third-order valence-corrected chi connectivity index (χ3v) is 0.924. The van der Waals surface area contributed by atoms with Crippen molar-refractivity contribution in [3.63, 3.8) is 0 Å². The SMILES string of the molecule is Cl.Fc1cc(Cl)ccn1. The molecule has 50 valence electrons. The molecule has 0 radical (unpaired) electrons. The molecule has 0 N–H and O–H groups in total. The van der Waals surface area contributed by atoms with Gasteiger partial charge in [-0.15, -0.1) is 12.4 Å². The fraction of sp³-hybridized carbons (Fsp3) is 0. The van der Waals surface area contributed by atoms with E-state index in [2.05, 4.69) is 4.98 Å². The van der Waals surface area contributed by atoms with Crippen molar-refractivity contribution in [1.82, 2.24) is 4.98 Å². The second-order valence-electron chi connectivity index (χ2n) is 1.30. The van der Waals surface area contributed by atoms with Crippen LogP contribution in [0, 0.1) is 5.95 Å². The molecule has 0 atom stereocenters. The number of aromatic nitrogens is 1. The van der Waals surface area contributed by atoms with Crippen LogP contribution in [0.5, 0.6) is 0 Å². The molecule has 0 aliphatic heterocycles. The van der Waals surface area contributed by atoms with Crippen molar-refractivity contribution >= 4 is 24.0 Å². The summed E-state index contributed by atoms with van der Waals surface area (Å²) in [4.78, 5) is 3.29. The Hall–Kier alpha value is -0.340. The van der Waals surface area contributed by atoms with Crippen LogP contribution in [0.4, 0.5) is 4.39 Å². The number of rotatable bonds is 0. The van der Waals surface area contributed by atoms with Crippen LogP contribution in [-0.2, 0) is 0 Å². The van der Waals surface area contributed by atoms with Gasteiger partial charge in [0.25, 0.3) is 0 Å². The molecule has 1 rings (SSSR count). The number of hydrogen-bond donors (Lipinski definition) is 0. The first kappa shape index (κ1) is 8.66. The zero-order valence-electron chi connectivity index (χ0n) is 4.34. The van der Waals surface area contributed by atoms with Gasteiger partial charge >= 0.3 is 0 Å². The standard InChI is InChI=1S/C5H3ClFN.ClH/c6-4-1-2-8-5(7)3-4;/h1-3H;1H. The monoisotopic (exact) mass is 167 g/mol. The van der Waals surface area contributed by atoms with E-state index in [4.69, 9.17) is 11.6 Å². The molecule has 0 saturated heterocycles. The van der Waals surface area contributed by atoms with Gasteiger partial charge in [-0.25, -0.2) is 4.98 Å². The maximum Gasteiger partial charge on any atom is 0.214 e. The van der Waals surface area contributed by atoms with Crippen LogP contribution in [0.25, 0.3) is 0 Å². The molecule has 1 aromatic rings. The number of nitrogens with zero attached hydrogens (tertiary/aromatic N) is 1. The van der Waals surface area contributed by atoms with Crippen LogP contribution in [-0.4, -0.2) is 4.98 Å². The largest absolute Gasteiger partial charge is 0.228 e. The lowest BCUT2D eigenvalue weighted by Crippen LogP contribution is -1.76. The average molecular weight is 168 g/mol. The van der Waals surface area contributed by atoms with Crippen LogP contribution in [0.15, 0.2) is 18.3 Å². The molecule has 1 heterocycles. The van der Waals surface area contributed by atoms with Gasteiger partial charge in [0.2, 0.25) is 5.95 Å². The minimum absolute atomic E-state index is 0. The Balaban J connectivity index is 0.000000640. The third kappa shape index (κ3) is 2.63. The van der Waals surface area contributed by atoms with Gasteiger partial charge in [0.05, 0.1) is 0 Å². The van der Waals surface area contributed by atoms with Crippen LogP contribution >= 0.6 is 24.0 Å². The lowest BCUT2D eigenvalue weighted by atomic mass is 10.5. The summed E-state index contributed by atoms with van der Waals surface area (Å²) in [5, 5.41) is 0.373. The minimum atomic E-state index is -0.544. The quantitative estimate of drug-likeness (QED) is 0.541. The predicted octanol–water partition coefficient (Wildman–Crippen LogP) is 2.30. The molecule has 0 fully saturated rings. The van der Waals surface area contributed by atoms with E-state index in [1.165, 1.54) is 12.3 Å². The number of halogens is 3. The van der Waals surface area contributed by atoms with Crippen molar-refractivity contribution in [2.45, 2.75) is 0 Å². The van der Waals surface area contributed by atoms with E-state index < -0.39 is 5.95 Å². The molecule has 0 aliphatic rings. The molecule has 1 aromatic heterocycles. The zero-order valence-corrected chi connectivity index (χ0v) is 5.92. The Morgan fingerprint density at radius 2 is 2.22 bits per heavy atom. The van der Waals surface area contributed by atoms with Gasteiger partial charge in [0.15, 0.2) is 0 Å². The van der Waals surface area contributed by atoms with Crippen molar-refractivity contribution in [3.8, 4) is 0 Å². The highest BCUT2D eigenvalue weighted by molar-refractivity contribution is 6.30. The van der Waals surface area contributed by atoms with Crippen molar-refractivity contribution < 1.29 is 4.39 Å². The Morgan fingerprint density at radius 3 is 2.56 bits per heavy atom. The fourth-order valence-corrected chi connectivity index (χ4v) is 0.525. The van der Waals surface area contributed by atoms with Crippen molar-refractivity contribution in [3.05, 3.63) is 29.3 Å². The van der Waals surface area contributed by atoms with E-state index in [9.17, 15) is 4.39 Å². The maximum atomic E-state index is 12.0. The zero-order chi connectivity index (χ0) is 5.98. The molecular weight excluding hydrogens is 164 g/mol. The molecule has 4 heteroatoms. The molecule has 0 saturated carbocycles.